The molecule has 148 valence electrons. The molecule has 0 saturated carbocycles. The summed E-state index contributed by atoms with van der Waals surface area (Å²) in [7, 11) is 0. The van der Waals surface area contributed by atoms with Crippen molar-refractivity contribution in [3.63, 3.8) is 0 Å². The van der Waals surface area contributed by atoms with Crippen molar-refractivity contribution in [3.05, 3.63) is 65.2 Å². The molecule has 0 unspecified atom stereocenters. The summed E-state index contributed by atoms with van der Waals surface area (Å²) in [4.78, 5) is 61.7. The highest BCUT2D eigenvalue weighted by Crippen LogP contribution is 2.24. The number of hydrogen-bond acceptors (Lipinski definition) is 6. The zero-order valence-corrected chi connectivity index (χ0v) is 15.8. The maximum absolute atomic E-state index is 12.4. The highest BCUT2D eigenvalue weighted by Gasteiger charge is 2.41. The van der Waals surface area contributed by atoms with E-state index in [2.05, 4.69) is 5.32 Å². The van der Waals surface area contributed by atoms with Gasteiger partial charge in [0.2, 0.25) is 0 Å². The summed E-state index contributed by atoms with van der Waals surface area (Å²) in [6, 6.07) is 11.5. The largest absolute Gasteiger partial charge is 0.454 e. The third-order valence-corrected chi connectivity index (χ3v) is 4.48. The fourth-order valence-electron chi connectivity index (χ4n) is 3.01. The number of ether oxygens (including phenoxy) is 1. The van der Waals surface area contributed by atoms with Gasteiger partial charge in [-0.1, -0.05) is 24.3 Å². The van der Waals surface area contributed by atoms with E-state index in [0.717, 1.165) is 4.90 Å². The highest BCUT2D eigenvalue weighted by atomic mass is 16.5. The fourth-order valence-corrected chi connectivity index (χ4v) is 3.01. The van der Waals surface area contributed by atoms with Gasteiger partial charge in [-0.25, -0.2) is 4.79 Å². The second-order valence-corrected chi connectivity index (χ2v) is 6.46. The zero-order chi connectivity index (χ0) is 21.1. The molecule has 8 nitrogen and oxygen atoms in total. The Labute approximate surface area is 166 Å². The molecule has 1 atom stereocenters. The number of nitrogens with zero attached hydrogens (tertiary/aromatic N) is 1. The molecular weight excluding hydrogens is 376 g/mol. The Bertz CT molecular complexity index is 994. The highest BCUT2D eigenvalue weighted by molar-refractivity contribution is 6.22. The molecule has 1 heterocycles. The first-order valence-electron chi connectivity index (χ1n) is 8.84. The minimum absolute atomic E-state index is 0.218. The van der Waals surface area contributed by atoms with Crippen LogP contribution in [0.1, 0.15) is 44.9 Å². The molecular formula is C21H18N2O6. The van der Waals surface area contributed by atoms with Gasteiger partial charge in [0.05, 0.1) is 16.8 Å². The average Bonchev–Trinajstić information content (AvgIpc) is 2.96. The molecule has 1 aliphatic rings. The lowest BCUT2D eigenvalue weighted by Crippen LogP contribution is -2.44. The van der Waals surface area contributed by atoms with Gasteiger partial charge in [-0.3, -0.25) is 24.1 Å². The first-order valence-corrected chi connectivity index (χ1v) is 8.84. The van der Waals surface area contributed by atoms with Crippen molar-refractivity contribution in [2.45, 2.75) is 19.9 Å². The summed E-state index contributed by atoms with van der Waals surface area (Å²) in [6.45, 7) is 2.10. The van der Waals surface area contributed by atoms with Crippen molar-refractivity contribution < 1.29 is 28.7 Å². The number of ketones is 1. The van der Waals surface area contributed by atoms with Crippen LogP contribution >= 0.6 is 0 Å². The van der Waals surface area contributed by atoms with Crippen LogP contribution in [-0.4, -0.2) is 47.0 Å². The molecule has 1 N–H and O–H groups in total. The number of anilines is 1. The molecule has 29 heavy (non-hydrogen) atoms. The zero-order valence-electron chi connectivity index (χ0n) is 15.8. The smallest absolute Gasteiger partial charge is 0.329 e. The summed E-state index contributed by atoms with van der Waals surface area (Å²) in [5.41, 5.74) is 1.06. The standard InChI is InChI=1S/C21H18N2O6/c1-12(23-19(26)15-8-3-4-9-16(15)20(23)27)21(28)29-11-18(25)22-17-10-6-5-7-14(17)13(2)24/h3-10,12H,11H2,1-2H3,(H,22,25)/t12-/m0/s1. The van der Waals surface area contributed by atoms with Crippen LogP contribution in [0.5, 0.6) is 0 Å². The molecule has 0 spiro atoms. The molecule has 2 aromatic carbocycles. The predicted molar refractivity (Wildman–Crippen MR) is 102 cm³/mol. The van der Waals surface area contributed by atoms with Crippen molar-refractivity contribution in [2.75, 3.05) is 11.9 Å². The van der Waals surface area contributed by atoms with Crippen molar-refractivity contribution >= 4 is 35.2 Å². The molecule has 0 radical (unpaired) electrons. The van der Waals surface area contributed by atoms with Crippen molar-refractivity contribution in [3.8, 4) is 0 Å². The van der Waals surface area contributed by atoms with E-state index in [1.165, 1.54) is 26.0 Å². The number of para-hydroxylation sites is 1. The second-order valence-electron chi connectivity index (χ2n) is 6.46. The van der Waals surface area contributed by atoms with Crippen LogP contribution in [0.25, 0.3) is 0 Å². The first kappa shape index (κ1) is 19.9. The lowest BCUT2D eigenvalue weighted by atomic mass is 10.1. The Kier molecular flexibility index (Phi) is 5.54. The molecule has 3 amide bonds. The van der Waals surface area contributed by atoms with E-state index >= 15 is 0 Å². The van der Waals surface area contributed by atoms with Crippen LogP contribution in [0.2, 0.25) is 0 Å². The predicted octanol–water partition coefficient (Wildman–Crippen LogP) is 2.06. The van der Waals surface area contributed by atoms with Crippen LogP contribution in [-0.2, 0) is 14.3 Å². The summed E-state index contributed by atoms with van der Waals surface area (Å²) in [5, 5.41) is 2.50. The van der Waals surface area contributed by atoms with Crippen LogP contribution < -0.4 is 5.32 Å². The Morgan fingerprint density at radius 2 is 1.52 bits per heavy atom. The number of Topliss-reactive ketones (excluding diaryl/α,β-unsaturated/α-hetero) is 1. The van der Waals surface area contributed by atoms with E-state index in [0.29, 0.717) is 11.3 Å². The monoisotopic (exact) mass is 394 g/mol. The number of benzene rings is 2. The minimum atomic E-state index is -1.19. The van der Waals surface area contributed by atoms with Crippen molar-refractivity contribution in [1.82, 2.24) is 4.90 Å². The summed E-state index contributed by atoms with van der Waals surface area (Å²) >= 11 is 0. The number of esters is 1. The number of fused-ring (bicyclic) bond motifs is 1. The topological polar surface area (TPSA) is 110 Å². The molecule has 3 rings (SSSR count). The SMILES string of the molecule is CC(=O)c1ccccc1NC(=O)COC(=O)[C@H](C)N1C(=O)c2ccccc2C1=O. The van der Waals surface area contributed by atoms with E-state index in [-0.39, 0.29) is 16.9 Å². The van der Waals surface area contributed by atoms with Gasteiger partial charge >= 0.3 is 5.97 Å². The number of carbonyl (C=O) groups is 5. The van der Waals surface area contributed by atoms with E-state index < -0.39 is 36.3 Å². The Morgan fingerprint density at radius 3 is 2.10 bits per heavy atom. The van der Waals surface area contributed by atoms with Crippen molar-refractivity contribution in [1.29, 1.82) is 0 Å². The number of nitrogens with one attached hydrogen (secondary N) is 1. The van der Waals surface area contributed by atoms with Gasteiger partial charge in [0, 0.05) is 5.56 Å². The van der Waals surface area contributed by atoms with Gasteiger partial charge in [0.1, 0.15) is 6.04 Å². The van der Waals surface area contributed by atoms with E-state index in [1.807, 2.05) is 0 Å². The van der Waals surface area contributed by atoms with Crippen LogP contribution in [0.3, 0.4) is 0 Å². The number of hydrogen-bond donors (Lipinski definition) is 1. The molecule has 0 saturated heterocycles. The molecule has 1 aliphatic heterocycles. The Morgan fingerprint density at radius 1 is 0.966 bits per heavy atom. The van der Waals surface area contributed by atoms with Crippen LogP contribution in [0.15, 0.2) is 48.5 Å². The van der Waals surface area contributed by atoms with Crippen LogP contribution in [0.4, 0.5) is 5.69 Å². The normalized spacial score (nSPS) is 13.7. The first-order chi connectivity index (χ1) is 13.8. The third kappa shape index (κ3) is 3.91. The summed E-state index contributed by atoms with van der Waals surface area (Å²) in [5.74, 6) is -2.95. The minimum Gasteiger partial charge on any atom is -0.454 e. The quantitative estimate of drug-likeness (QED) is 0.456. The second kappa shape index (κ2) is 8.05. The summed E-state index contributed by atoms with van der Waals surface area (Å²) in [6.07, 6.45) is 0. The molecule has 0 aliphatic carbocycles. The van der Waals surface area contributed by atoms with E-state index in [4.69, 9.17) is 4.74 Å². The number of imide groups is 1. The maximum Gasteiger partial charge on any atom is 0.329 e. The molecule has 0 bridgehead atoms. The van der Waals surface area contributed by atoms with Crippen molar-refractivity contribution in [2.24, 2.45) is 0 Å². The van der Waals surface area contributed by atoms with Gasteiger partial charge in [0.15, 0.2) is 12.4 Å². The molecule has 2 aromatic rings. The molecule has 0 aromatic heterocycles. The van der Waals surface area contributed by atoms with E-state index in [1.54, 1.807) is 36.4 Å². The van der Waals surface area contributed by atoms with Gasteiger partial charge in [-0.2, -0.15) is 0 Å². The molecule has 0 fully saturated rings. The molecule has 8 heteroatoms. The van der Waals surface area contributed by atoms with Gasteiger partial charge < -0.3 is 10.1 Å². The number of carbonyl (C=O) groups excluding carboxylic acids is 5. The number of rotatable bonds is 6. The van der Waals surface area contributed by atoms with Crippen LogP contribution in [0, 0.1) is 0 Å². The average molecular weight is 394 g/mol. The number of amides is 3. The van der Waals surface area contributed by atoms with Gasteiger partial charge in [-0.05, 0) is 38.1 Å². The lowest BCUT2D eigenvalue weighted by Gasteiger charge is -2.20. The van der Waals surface area contributed by atoms with E-state index in [9.17, 15) is 24.0 Å². The maximum atomic E-state index is 12.4. The summed E-state index contributed by atoms with van der Waals surface area (Å²) < 4.78 is 4.96. The van der Waals surface area contributed by atoms with Gasteiger partial charge in [-0.15, -0.1) is 0 Å². The lowest BCUT2D eigenvalue weighted by molar-refractivity contribution is -0.150. The third-order valence-electron chi connectivity index (χ3n) is 4.48. The van der Waals surface area contributed by atoms with Gasteiger partial charge in [0.25, 0.3) is 17.7 Å². The fraction of sp³-hybridized carbons (Fsp3) is 0.190. The Balaban J connectivity index is 1.61. The Hall–Kier alpha value is -3.81.